The number of hydrogen-bond acceptors (Lipinski definition) is 3. The third kappa shape index (κ3) is 6.62. The van der Waals surface area contributed by atoms with E-state index in [9.17, 15) is 4.79 Å². The lowest BCUT2D eigenvalue weighted by molar-refractivity contribution is -0.156. The molecule has 1 aromatic rings. The molecule has 0 saturated heterocycles. The minimum absolute atomic E-state index is 0. The lowest BCUT2D eigenvalue weighted by Gasteiger charge is -2.22. The lowest BCUT2D eigenvalue weighted by Crippen LogP contribution is -2.37. The Morgan fingerprint density at radius 2 is 1.83 bits per heavy atom. The van der Waals surface area contributed by atoms with E-state index in [4.69, 9.17) is 10.5 Å². The smallest absolute Gasteiger partial charge is 0.323 e. The molecule has 0 aliphatic rings. The summed E-state index contributed by atoms with van der Waals surface area (Å²) in [5.74, 6) is -0.326. The summed E-state index contributed by atoms with van der Waals surface area (Å²) >= 11 is 0. The number of ether oxygens (including phenoxy) is 1. The van der Waals surface area contributed by atoms with E-state index in [1.54, 1.807) is 0 Å². The zero-order chi connectivity index (χ0) is 12.9. The van der Waals surface area contributed by atoms with Crippen LogP contribution in [0.2, 0.25) is 0 Å². The van der Waals surface area contributed by atoms with E-state index in [-0.39, 0.29) is 18.4 Å². The standard InChI is InChI=1S/C14H21NO2.ClH/c1-14(2,3)17-13(16)12(15)10-9-11-7-5-4-6-8-11;/h4-8,12H,9-10,15H2,1-3H3;1H/t12-;/m0./s1. The van der Waals surface area contributed by atoms with Gasteiger partial charge in [-0.3, -0.25) is 4.79 Å². The van der Waals surface area contributed by atoms with Crippen LogP contribution in [0.1, 0.15) is 32.8 Å². The molecule has 0 bridgehead atoms. The van der Waals surface area contributed by atoms with Gasteiger partial charge < -0.3 is 10.5 Å². The van der Waals surface area contributed by atoms with E-state index in [0.29, 0.717) is 6.42 Å². The van der Waals surface area contributed by atoms with Crippen LogP contribution in [0.3, 0.4) is 0 Å². The Morgan fingerprint density at radius 1 is 1.28 bits per heavy atom. The van der Waals surface area contributed by atoms with Crippen LogP contribution in [-0.2, 0) is 16.0 Å². The summed E-state index contributed by atoms with van der Waals surface area (Å²) < 4.78 is 5.22. The first kappa shape index (κ1) is 16.9. The Kier molecular flexibility index (Phi) is 6.96. The highest BCUT2D eigenvalue weighted by atomic mass is 35.5. The highest BCUT2D eigenvalue weighted by molar-refractivity contribution is 5.85. The van der Waals surface area contributed by atoms with Crippen LogP contribution in [0.15, 0.2) is 30.3 Å². The average molecular weight is 272 g/mol. The van der Waals surface area contributed by atoms with Crippen molar-refractivity contribution in [2.75, 3.05) is 0 Å². The first-order valence-corrected chi connectivity index (χ1v) is 5.91. The van der Waals surface area contributed by atoms with E-state index < -0.39 is 11.6 Å². The molecule has 0 fully saturated rings. The number of carbonyl (C=O) groups is 1. The molecule has 0 heterocycles. The van der Waals surface area contributed by atoms with Crippen molar-refractivity contribution in [1.29, 1.82) is 0 Å². The molecule has 1 rings (SSSR count). The van der Waals surface area contributed by atoms with E-state index in [0.717, 1.165) is 6.42 Å². The zero-order valence-electron chi connectivity index (χ0n) is 11.2. The number of hydrogen-bond donors (Lipinski definition) is 1. The molecule has 0 radical (unpaired) electrons. The molecule has 3 nitrogen and oxygen atoms in total. The van der Waals surface area contributed by atoms with Gasteiger partial charge in [-0.1, -0.05) is 30.3 Å². The van der Waals surface area contributed by atoms with Gasteiger partial charge in [0.2, 0.25) is 0 Å². The molecule has 0 amide bonds. The summed E-state index contributed by atoms with van der Waals surface area (Å²) in [4.78, 5) is 11.6. The van der Waals surface area contributed by atoms with Gasteiger partial charge in [0, 0.05) is 0 Å². The predicted molar refractivity (Wildman–Crippen MR) is 75.8 cm³/mol. The van der Waals surface area contributed by atoms with E-state index in [1.807, 2.05) is 51.1 Å². The Labute approximate surface area is 115 Å². The maximum Gasteiger partial charge on any atom is 0.323 e. The maximum absolute atomic E-state index is 11.6. The summed E-state index contributed by atoms with van der Waals surface area (Å²) in [6.45, 7) is 5.53. The van der Waals surface area contributed by atoms with Crippen LogP contribution in [0, 0.1) is 0 Å². The minimum atomic E-state index is -0.547. The fraction of sp³-hybridized carbons (Fsp3) is 0.500. The van der Waals surface area contributed by atoms with Crippen LogP contribution in [0.4, 0.5) is 0 Å². The van der Waals surface area contributed by atoms with Gasteiger partial charge in [0.05, 0.1) is 0 Å². The van der Waals surface area contributed by atoms with Gasteiger partial charge in [-0.15, -0.1) is 12.4 Å². The molecule has 4 heteroatoms. The van der Waals surface area contributed by atoms with Crippen LogP contribution in [0.25, 0.3) is 0 Å². The molecule has 0 aliphatic carbocycles. The fourth-order valence-electron chi connectivity index (χ4n) is 1.46. The second kappa shape index (κ2) is 7.39. The topological polar surface area (TPSA) is 52.3 Å². The number of halogens is 1. The number of nitrogens with two attached hydrogens (primary N) is 1. The van der Waals surface area contributed by atoms with Crippen molar-refractivity contribution in [3.63, 3.8) is 0 Å². The number of benzene rings is 1. The van der Waals surface area contributed by atoms with Gasteiger partial charge >= 0.3 is 5.97 Å². The lowest BCUT2D eigenvalue weighted by atomic mass is 10.1. The monoisotopic (exact) mass is 271 g/mol. The summed E-state index contributed by atoms with van der Waals surface area (Å²) in [5, 5.41) is 0. The molecule has 0 spiro atoms. The average Bonchev–Trinajstić information content (AvgIpc) is 2.25. The molecule has 1 atom stereocenters. The summed E-state index contributed by atoms with van der Waals surface area (Å²) in [6, 6.07) is 9.44. The molecule has 0 saturated carbocycles. The third-order valence-corrected chi connectivity index (χ3v) is 2.30. The van der Waals surface area contributed by atoms with Gasteiger partial charge in [-0.25, -0.2) is 0 Å². The van der Waals surface area contributed by atoms with Gasteiger partial charge in [0.15, 0.2) is 0 Å². The van der Waals surface area contributed by atoms with Crippen LogP contribution in [0.5, 0.6) is 0 Å². The largest absolute Gasteiger partial charge is 0.459 e. The normalized spacial score (nSPS) is 12.4. The van der Waals surface area contributed by atoms with Crippen molar-refractivity contribution in [2.45, 2.75) is 45.3 Å². The second-order valence-electron chi connectivity index (χ2n) is 5.16. The van der Waals surface area contributed by atoms with Gasteiger partial charge in [-0.2, -0.15) is 0 Å². The molecule has 102 valence electrons. The molecule has 0 unspecified atom stereocenters. The van der Waals surface area contributed by atoms with Crippen LogP contribution in [-0.4, -0.2) is 17.6 Å². The molecule has 18 heavy (non-hydrogen) atoms. The first-order valence-electron chi connectivity index (χ1n) is 5.91. The maximum atomic E-state index is 11.6. The fourth-order valence-corrected chi connectivity index (χ4v) is 1.46. The van der Waals surface area contributed by atoms with E-state index >= 15 is 0 Å². The van der Waals surface area contributed by atoms with Crippen molar-refractivity contribution in [2.24, 2.45) is 5.73 Å². The Balaban J connectivity index is 0.00000289. The highest BCUT2D eigenvalue weighted by Gasteiger charge is 2.21. The van der Waals surface area contributed by atoms with Crippen molar-refractivity contribution >= 4 is 18.4 Å². The van der Waals surface area contributed by atoms with Crippen LogP contribution >= 0.6 is 12.4 Å². The van der Waals surface area contributed by atoms with Gasteiger partial charge in [0.25, 0.3) is 0 Å². The Bertz CT molecular complexity index is 360. The Morgan fingerprint density at radius 3 is 2.33 bits per heavy atom. The quantitative estimate of drug-likeness (QED) is 0.857. The molecule has 1 aromatic carbocycles. The Hall–Kier alpha value is -1.06. The number of carbonyl (C=O) groups excluding carboxylic acids is 1. The van der Waals surface area contributed by atoms with Gasteiger partial charge in [-0.05, 0) is 39.2 Å². The molecular weight excluding hydrogens is 250 g/mol. The van der Waals surface area contributed by atoms with Crippen molar-refractivity contribution < 1.29 is 9.53 Å². The van der Waals surface area contributed by atoms with E-state index in [1.165, 1.54) is 5.56 Å². The van der Waals surface area contributed by atoms with Gasteiger partial charge in [0.1, 0.15) is 11.6 Å². The number of rotatable bonds is 4. The number of esters is 1. The predicted octanol–water partition coefficient (Wildman–Crippen LogP) is 2.71. The van der Waals surface area contributed by atoms with E-state index in [2.05, 4.69) is 0 Å². The SMILES string of the molecule is CC(C)(C)OC(=O)[C@@H](N)CCc1ccccc1.Cl. The van der Waals surface area contributed by atoms with Crippen molar-refractivity contribution in [3.05, 3.63) is 35.9 Å². The molecule has 0 aromatic heterocycles. The number of aryl methyl sites for hydroxylation is 1. The first-order chi connectivity index (χ1) is 7.88. The van der Waals surface area contributed by atoms with Crippen LogP contribution < -0.4 is 5.73 Å². The summed E-state index contributed by atoms with van der Waals surface area (Å²) in [5.41, 5.74) is 6.51. The van der Waals surface area contributed by atoms with Crippen molar-refractivity contribution in [3.8, 4) is 0 Å². The minimum Gasteiger partial charge on any atom is -0.459 e. The van der Waals surface area contributed by atoms with Crippen molar-refractivity contribution in [1.82, 2.24) is 0 Å². The molecule has 2 N–H and O–H groups in total. The highest BCUT2D eigenvalue weighted by Crippen LogP contribution is 2.10. The molecular formula is C14H22ClNO2. The third-order valence-electron chi connectivity index (χ3n) is 2.30. The molecule has 0 aliphatic heterocycles. The summed E-state index contributed by atoms with van der Waals surface area (Å²) in [6.07, 6.45) is 1.40. The second-order valence-corrected chi connectivity index (χ2v) is 5.16. The zero-order valence-corrected chi connectivity index (χ0v) is 12.0. The summed E-state index contributed by atoms with van der Waals surface area (Å²) in [7, 11) is 0.